The van der Waals surface area contributed by atoms with Gasteiger partial charge in [-0.2, -0.15) is 0 Å². The maximum absolute atomic E-state index is 11.7. The number of fused-ring (bicyclic) bond motifs is 2. The molecule has 0 amide bonds. The Labute approximate surface area is 284 Å². The summed E-state index contributed by atoms with van der Waals surface area (Å²) in [7, 11) is -20.1. The second-order valence-electron chi connectivity index (χ2n) is 7.87. The molecule has 0 fully saturated rings. The van der Waals surface area contributed by atoms with Gasteiger partial charge in [-0.25, -0.2) is 33.7 Å². The smallest absolute Gasteiger partial charge is 0.870 e. The van der Waals surface area contributed by atoms with Crippen molar-refractivity contribution < 1.29 is 113 Å². The van der Waals surface area contributed by atoms with Gasteiger partial charge in [0.05, 0.1) is 9.79 Å². The third kappa shape index (κ3) is 9.24. The van der Waals surface area contributed by atoms with Crippen LogP contribution in [0, 0.1) is 9.81 Å². The molecule has 25 heteroatoms. The molecule has 45 heavy (non-hydrogen) atoms. The van der Waals surface area contributed by atoms with Gasteiger partial charge < -0.3 is 28.4 Å². The van der Waals surface area contributed by atoms with Gasteiger partial charge in [-0.3, -0.25) is 0 Å². The Bertz CT molecular complexity index is 2100. The van der Waals surface area contributed by atoms with E-state index in [9.17, 15) is 71.9 Å². The molecule has 0 bridgehead atoms. The van der Waals surface area contributed by atoms with Crippen LogP contribution in [0.5, 0.6) is 11.5 Å². The topological polar surface area (TPSA) is 334 Å². The molecule has 0 spiro atoms. The molecular formula is C20H8Cu3N2O16S4. The molecule has 0 unspecified atom stereocenters. The zero-order valence-corrected chi connectivity index (χ0v) is 26.7. The fourth-order valence-electron chi connectivity index (χ4n) is 3.51. The first-order valence-corrected chi connectivity index (χ1v) is 15.8. The van der Waals surface area contributed by atoms with Crippen LogP contribution < -0.4 is 10.2 Å². The summed E-state index contributed by atoms with van der Waals surface area (Å²) in [6.07, 6.45) is 0. The second kappa shape index (κ2) is 14.9. The molecule has 3 radical (unpaired) electrons. The predicted octanol–water partition coefficient (Wildman–Crippen LogP) is 0.232. The standard InChI is InChI=1S/2C10H7NO8S2.3Cu/c2*12-10-8(21(17,18)19)4-5-3-6(20(14,15)16)1-2-7(5)9(10)11-13;;;/h2*1-4,12H,(H,14,15,16)(H,17,18,19);;;/q;;3*+2/p-6. The molecule has 251 valence electrons. The van der Waals surface area contributed by atoms with Crippen LogP contribution in [0.1, 0.15) is 0 Å². The van der Waals surface area contributed by atoms with Gasteiger partial charge in [-0.15, -0.1) is 9.81 Å². The molecule has 18 nitrogen and oxygen atoms in total. The molecule has 4 rings (SSSR count). The number of nitroso groups, excluding NO2 is 2. The average Bonchev–Trinajstić information content (AvgIpc) is 2.85. The van der Waals surface area contributed by atoms with Crippen molar-refractivity contribution in [1.82, 2.24) is 0 Å². The molecule has 4 aromatic carbocycles. The van der Waals surface area contributed by atoms with Crippen LogP contribution >= 0.6 is 0 Å². The van der Waals surface area contributed by atoms with Gasteiger partial charge >= 0.3 is 51.2 Å². The van der Waals surface area contributed by atoms with Crippen molar-refractivity contribution in [2.75, 3.05) is 0 Å². The summed E-state index contributed by atoms with van der Waals surface area (Å²) in [6.45, 7) is 0. The third-order valence-corrected chi connectivity index (χ3v) is 8.65. The molecule has 0 atom stereocenters. The number of rotatable bonds is 6. The average molecular weight is 851 g/mol. The van der Waals surface area contributed by atoms with Crippen LogP contribution in [-0.2, 0) is 91.7 Å². The number of hydrogen-bond donors (Lipinski definition) is 0. The van der Waals surface area contributed by atoms with Gasteiger partial charge in [-0.05, 0) is 57.5 Å². The second-order valence-corrected chi connectivity index (χ2v) is 13.3. The first kappa shape index (κ1) is 42.4. The Kier molecular flexibility index (Phi) is 14.0. The van der Waals surface area contributed by atoms with E-state index in [-0.39, 0.29) is 72.8 Å². The molecule has 0 aliphatic heterocycles. The van der Waals surface area contributed by atoms with E-state index in [2.05, 4.69) is 10.4 Å². The quantitative estimate of drug-likeness (QED) is 0.142. The Balaban J connectivity index is 0.000000807. The zero-order valence-electron chi connectivity index (χ0n) is 20.6. The van der Waals surface area contributed by atoms with Gasteiger partial charge in [-0.1, -0.05) is 23.6 Å². The molecule has 0 saturated heterocycles. The van der Waals surface area contributed by atoms with Gasteiger partial charge in [0.25, 0.3) is 0 Å². The van der Waals surface area contributed by atoms with Crippen LogP contribution in [0.15, 0.2) is 78.5 Å². The van der Waals surface area contributed by atoms with Gasteiger partial charge in [0.15, 0.2) is 0 Å². The molecule has 0 heterocycles. The fraction of sp³-hybridized carbons (Fsp3) is 0. The Morgan fingerprint density at radius 2 is 0.756 bits per heavy atom. The van der Waals surface area contributed by atoms with Crippen molar-refractivity contribution >= 4 is 73.4 Å². The van der Waals surface area contributed by atoms with Crippen molar-refractivity contribution in [3.8, 4) is 11.5 Å². The van der Waals surface area contributed by atoms with Crippen LogP contribution in [0.25, 0.3) is 21.5 Å². The van der Waals surface area contributed by atoms with E-state index in [1.165, 1.54) is 0 Å². The SMILES string of the molecule is O=Nc1c([O-])c(S(=O)(=O)[O-])cc2cc(S(=O)(=O)[O-])ccc12.O=Nc1c([O-])c(S(=O)(=O)[O-])cc2cc(S(=O)(=O)[O-])ccc12.[Cu+2].[Cu+2].[Cu+2]. The van der Waals surface area contributed by atoms with Crippen LogP contribution in [0.3, 0.4) is 0 Å². The van der Waals surface area contributed by atoms with E-state index in [1.54, 1.807) is 0 Å². The van der Waals surface area contributed by atoms with Crippen LogP contribution in [0.4, 0.5) is 11.4 Å². The molecule has 4 aromatic rings. The summed E-state index contributed by atoms with van der Waals surface area (Å²) >= 11 is 0. The molecule has 0 aliphatic carbocycles. The summed E-state index contributed by atoms with van der Waals surface area (Å²) in [5.41, 5.74) is -1.70. The predicted molar refractivity (Wildman–Crippen MR) is 130 cm³/mol. The van der Waals surface area contributed by atoms with E-state index < -0.39 is 82.9 Å². The summed E-state index contributed by atoms with van der Waals surface area (Å²) in [4.78, 5) is 17.4. The van der Waals surface area contributed by atoms with Crippen LogP contribution in [-0.4, -0.2) is 51.9 Å². The van der Waals surface area contributed by atoms with E-state index >= 15 is 0 Å². The normalized spacial score (nSPS) is 11.6. The van der Waals surface area contributed by atoms with Crippen molar-refractivity contribution in [3.63, 3.8) is 0 Å². The Morgan fingerprint density at radius 3 is 0.978 bits per heavy atom. The van der Waals surface area contributed by atoms with E-state index in [0.29, 0.717) is 12.1 Å². The summed E-state index contributed by atoms with van der Waals surface area (Å²) in [6, 6.07) is 6.29. The van der Waals surface area contributed by atoms with E-state index in [1.807, 2.05) is 0 Å². The summed E-state index contributed by atoms with van der Waals surface area (Å²) in [5, 5.41) is 27.3. The number of benzene rings is 4. The maximum atomic E-state index is 11.7. The Hall–Kier alpha value is -2.60. The maximum Gasteiger partial charge on any atom is 2.00 e. The fourth-order valence-corrected chi connectivity index (χ4v) is 5.71. The van der Waals surface area contributed by atoms with E-state index in [4.69, 9.17) is 0 Å². The number of hydrogen-bond acceptors (Lipinski definition) is 18. The molecule has 0 aromatic heterocycles. The first-order chi connectivity index (χ1) is 19.1. The van der Waals surface area contributed by atoms with E-state index in [0.717, 1.165) is 36.4 Å². The first-order valence-electron chi connectivity index (χ1n) is 10.2. The van der Waals surface area contributed by atoms with Crippen LogP contribution in [0.2, 0.25) is 0 Å². The van der Waals surface area contributed by atoms with Crippen molar-refractivity contribution in [1.29, 1.82) is 0 Å². The summed E-state index contributed by atoms with van der Waals surface area (Å²) < 4.78 is 131. The van der Waals surface area contributed by atoms with Crippen molar-refractivity contribution in [2.24, 2.45) is 10.4 Å². The van der Waals surface area contributed by atoms with Crippen molar-refractivity contribution in [3.05, 3.63) is 58.3 Å². The van der Waals surface area contributed by atoms with Crippen molar-refractivity contribution in [2.45, 2.75) is 19.6 Å². The van der Waals surface area contributed by atoms with Gasteiger partial charge in [0.2, 0.25) is 0 Å². The minimum atomic E-state index is -5.19. The molecule has 0 N–H and O–H groups in total. The third-order valence-electron chi connectivity index (χ3n) is 5.31. The summed E-state index contributed by atoms with van der Waals surface area (Å²) in [5.74, 6) is -2.77. The molecule has 0 saturated carbocycles. The largest absolute Gasteiger partial charge is 2.00 e. The Morgan fingerprint density at radius 1 is 0.467 bits per heavy atom. The van der Waals surface area contributed by atoms with Gasteiger partial charge in [0.1, 0.15) is 51.8 Å². The molecule has 0 aliphatic rings. The molecular weight excluding hydrogens is 843 g/mol. The monoisotopic (exact) mass is 849 g/mol. The minimum absolute atomic E-state index is 0. The minimum Gasteiger partial charge on any atom is -0.870 e. The number of nitrogens with zero attached hydrogens (tertiary/aromatic N) is 2. The van der Waals surface area contributed by atoms with Gasteiger partial charge in [0, 0.05) is 20.6 Å². The zero-order chi connectivity index (χ0) is 32.0.